The maximum absolute atomic E-state index is 12.3. The zero-order valence-corrected chi connectivity index (χ0v) is 14.7. The summed E-state index contributed by atoms with van der Waals surface area (Å²) < 4.78 is 9.72. The highest BCUT2D eigenvalue weighted by molar-refractivity contribution is 5.93. The first-order valence-electron chi connectivity index (χ1n) is 8.05. The van der Waals surface area contributed by atoms with Gasteiger partial charge in [0, 0.05) is 6.54 Å². The van der Waals surface area contributed by atoms with Crippen LogP contribution in [-0.2, 0) is 11.3 Å². The maximum atomic E-state index is 12.3. The lowest BCUT2D eigenvalue weighted by atomic mass is 10.1. The van der Waals surface area contributed by atoms with E-state index in [-0.39, 0.29) is 12.4 Å². The number of esters is 1. The van der Waals surface area contributed by atoms with E-state index in [0.29, 0.717) is 22.2 Å². The van der Waals surface area contributed by atoms with Crippen molar-refractivity contribution in [3.8, 4) is 5.75 Å². The second-order valence-electron chi connectivity index (χ2n) is 5.67. The molecule has 0 atom stereocenters. The van der Waals surface area contributed by atoms with Crippen molar-refractivity contribution >= 4 is 22.8 Å². The molecule has 3 rings (SSSR count). The number of aromatic nitrogens is 2. The lowest BCUT2D eigenvalue weighted by Crippen LogP contribution is -2.27. The molecule has 1 heterocycles. The van der Waals surface area contributed by atoms with Crippen LogP contribution >= 0.6 is 0 Å². The molecule has 8 heteroatoms. The molecule has 27 heavy (non-hydrogen) atoms. The van der Waals surface area contributed by atoms with Crippen molar-refractivity contribution in [2.45, 2.75) is 6.54 Å². The molecule has 0 saturated heterocycles. The minimum absolute atomic E-state index is 0.0798. The van der Waals surface area contributed by atoms with Gasteiger partial charge in [-0.1, -0.05) is 12.1 Å². The van der Waals surface area contributed by atoms with Gasteiger partial charge in [-0.15, -0.1) is 0 Å². The lowest BCUT2D eigenvalue weighted by Gasteiger charge is -2.07. The predicted molar refractivity (Wildman–Crippen MR) is 97.9 cm³/mol. The van der Waals surface area contributed by atoms with Crippen LogP contribution in [0.5, 0.6) is 5.75 Å². The van der Waals surface area contributed by atoms with Gasteiger partial charge in [0.2, 0.25) is 0 Å². The first kappa shape index (κ1) is 18.1. The van der Waals surface area contributed by atoms with E-state index in [0.717, 1.165) is 5.56 Å². The Morgan fingerprint density at radius 2 is 1.85 bits per heavy atom. The van der Waals surface area contributed by atoms with Crippen LogP contribution in [0.2, 0.25) is 0 Å². The van der Waals surface area contributed by atoms with E-state index in [1.807, 2.05) is 0 Å². The fourth-order valence-electron chi connectivity index (χ4n) is 2.49. The molecule has 0 aliphatic heterocycles. The number of nitrogens with one attached hydrogen (secondary N) is 2. The van der Waals surface area contributed by atoms with Gasteiger partial charge in [-0.05, 0) is 35.9 Å². The van der Waals surface area contributed by atoms with E-state index in [1.54, 1.807) is 42.5 Å². The monoisotopic (exact) mass is 367 g/mol. The van der Waals surface area contributed by atoms with Gasteiger partial charge >= 0.3 is 5.97 Å². The number of benzene rings is 2. The third-order valence-electron chi connectivity index (χ3n) is 3.96. The standard InChI is InChI=1S/C19H17N3O5/c1-26-13-7-8-15-14(9-13)17(23)22-16(21-15)18(24)20-10-11-3-5-12(6-4-11)19(25)27-2/h3-9H,10H2,1-2H3,(H,20,24)(H,21,22,23). The van der Waals surface area contributed by atoms with E-state index in [2.05, 4.69) is 20.0 Å². The minimum atomic E-state index is -0.512. The molecule has 3 aromatic rings. The van der Waals surface area contributed by atoms with Gasteiger partial charge < -0.3 is 19.8 Å². The Balaban J connectivity index is 1.74. The number of ether oxygens (including phenoxy) is 2. The van der Waals surface area contributed by atoms with Crippen molar-refractivity contribution in [3.05, 3.63) is 69.8 Å². The highest BCUT2D eigenvalue weighted by atomic mass is 16.5. The molecule has 0 unspecified atom stereocenters. The summed E-state index contributed by atoms with van der Waals surface area (Å²) in [5.41, 5.74) is 1.17. The van der Waals surface area contributed by atoms with E-state index < -0.39 is 17.4 Å². The average Bonchev–Trinajstić information content (AvgIpc) is 2.71. The summed E-state index contributed by atoms with van der Waals surface area (Å²) in [6.45, 7) is 0.213. The summed E-state index contributed by atoms with van der Waals surface area (Å²) in [6, 6.07) is 11.5. The van der Waals surface area contributed by atoms with Gasteiger partial charge in [-0.3, -0.25) is 9.59 Å². The van der Waals surface area contributed by atoms with Crippen molar-refractivity contribution in [2.24, 2.45) is 0 Å². The molecule has 0 aliphatic carbocycles. The third-order valence-corrected chi connectivity index (χ3v) is 3.96. The first-order chi connectivity index (χ1) is 13.0. The number of hydrogen-bond acceptors (Lipinski definition) is 6. The number of hydrogen-bond donors (Lipinski definition) is 2. The lowest BCUT2D eigenvalue weighted by molar-refractivity contribution is 0.0600. The van der Waals surface area contributed by atoms with Crippen LogP contribution < -0.4 is 15.6 Å². The molecule has 8 nitrogen and oxygen atoms in total. The Bertz CT molecular complexity index is 1060. The van der Waals surface area contributed by atoms with E-state index in [1.165, 1.54) is 14.2 Å². The molecule has 0 bridgehead atoms. The van der Waals surface area contributed by atoms with Crippen LogP contribution in [-0.4, -0.2) is 36.1 Å². The fourth-order valence-corrected chi connectivity index (χ4v) is 2.49. The maximum Gasteiger partial charge on any atom is 0.337 e. The Morgan fingerprint density at radius 3 is 2.52 bits per heavy atom. The Labute approximate surface area is 154 Å². The summed E-state index contributed by atoms with van der Waals surface area (Å²) in [4.78, 5) is 42.6. The van der Waals surface area contributed by atoms with Crippen molar-refractivity contribution in [2.75, 3.05) is 14.2 Å². The van der Waals surface area contributed by atoms with Crippen molar-refractivity contribution < 1.29 is 19.1 Å². The van der Waals surface area contributed by atoms with Gasteiger partial charge in [0.15, 0.2) is 5.82 Å². The fraction of sp³-hybridized carbons (Fsp3) is 0.158. The second kappa shape index (κ2) is 7.69. The molecule has 0 saturated carbocycles. The number of H-pyrrole nitrogens is 1. The van der Waals surface area contributed by atoms with Gasteiger partial charge in [-0.25, -0.2) is 9.78 Å². The van der Waals surface area contributed by atoms with Gasteiger partial charge in [0.25, 0.3) is 11.5 Å². The first-order valence-corrected chi connectivity index (χ1v) is 8.05. The predicted octanol–water partition coefficient (Wildman–Crippen LogP) is 1.65. The van der Waals surface area contributed by atoms with Crippen LogP contribution in [0.1, 0.15) is 26.5 Å². The molecule has 1 amide bonds. The second-order valence-corrected chi connectivity index (χ2v) is 5.67. The van der Waals surface area contributed by atoms with Crippen LogP contribution in [0, 0.1) is 0 Å². The Kier molecular flexibility index (Phi) is 5.16. The van der Waals surface area contributed by atoms with Crippen LogP contribution in [0.3, 0.4) is 0 Å². The SMILES string of the molecule is COC(=O)c1ccc(CNC(=O)c2nc3ccc(OC)cc3c(=O)[nH]2)cc1. The molecule has 1 aromatic heterocycles. The number of carbonyl (C=O) groups excluding carboxylic acids is 2. The molecule has 2 aromatic carbocycles. The van der Waals surface area contributed by atoms with E-state index in [4.69, 9.17) is 4.74 Å². The number of rotatable bonds is 5. The van der Waals surface area contributed by atoms with Gasteiger partial charge in [-0.2, -0.15) is 0 Å². The highest BCUT2D eigenvalue weighted by Gasteiger charge is 2.12. The van der Waals surface area contributed by atoms with Crippen molar-refractivity contribution in [3.63, 3.8) is 0 Å². The summed E-state index contributed by atoms with van der Waals surface area (Å²) in [6.07, 6.45) is 0. The number of methoxy groups -OCH3 is 2. The topological polar surface area (TPSA) is 110 Å². The van der Waals surface area contributed by atoms with Crippen LogP contribution in [0.4, 0.5) is 0 Å². The molecular formula is C19H17N3O5. The summed E-state index contributed by atoms with van der Waals surface area (Å²) in [5.74, 6) is -0.492. The van der Waals surface area contributed by atoms with Crippen LogP contribution in [0.25, 0.3) is 10.9 Å². The van der Waals surface area contributed by atoms with Gasteiger partial charge in [0.05, 0.1) is 30.7 Å². The van der Waals surface area contributed by atoms with E-state index in [9.17, 15) is 14.4 Å². The molecule has 0 fully saturated rings. The number of amides is 1. The van der Waals surface area contributed by atoms with Gasteiger partial charge in [0.1, 0.15) is 5.75 Å². The summed E-state index contributed by atoms with van der Waals surface area (Å²) in [7, 11) is 2.81. The Morgan fingerprint density at radius 1 is 1.11 bits per heavy atom. The minimum Gasteiger partial charge on any atom is -0.497 e. The number of carbonyl (C=O) groups is 2. The average molecular weight is 367 g/mol. The Hall–Kier alpha value is -3.68. The largest absolute Gasteiger partial charge is 0.497 e. The summed E-state index contributed by atoms with van der Waals surface area (Å²) >= 11 is 0. The van der Waals surface area contributed by atoms with E-state index >= 15 is 0 Å². The molecule has 0 radical (unpaired) electrons. The quantitative estimate of drug-likeness (QED) is 0.664. The molecule has 0 aliphatic rings. The molecular weight excluding hydrogens is 350 g/mol. The summed E-state index contributed by atoms with van der Waals surface area (Å²) in [5, 5.41) is 3.02. The van der Waals surface area contributed by atoms with Crippen molar-refractivity contribution in [1.29, 1.82) is 0 Å². The number of fused-ring (bicyclic) bond motifs is 1. The molecule has 2 N–H and O–H groups in total. The third kappa shape index (κ3) is 3.95. The zero-order valence-electron chi connectivity index (χ0n) is 14.7. The normalized spacial score (nSPS) is 10.4. The van der Waals surface area contributed by atoms with Crippen LogP contribution in [0.15, 0.2) is 47.3 Å². The molecule has 0 spiro atoms. The van der Waals surface area contributed by atoms with Crippen molar-refractivity contribution in [1.82, 2.24) is 15.3 Å². The zero-order chi connectivity index (χ0) is 19.4. The smallest absolute Gasteiger partial charge is 0.337 e. The highest BCUT2D eigenvalue weighted by Crippen LogP contribution is 2.16. The molecule has 138 valence electrons. The number of aromatic amines is 1. The number of nitrogens with zero attached hydrogens (tertiary/aromatic N) is 1.